The van der Waals surface area contributed by atoms with Gasteiger partial charge in [0.25, 0.3) is 0 Å². The quantitative estimate of drug-likeness (QED) is 0.524. The van der Waals surface area contributed by atoms with Crippen molar-refractivity contribution in [2.24, 2.45) is 4.99 Å². The van der Waals surface area contributed by atoms with Gasteiger partial charge in [-0.1, -0.05) is 30.3 Å². The van der Waals surface area contributed by atoms with Crippen LogP contribution in [0.1, 0.15) is 32.2 Å². The highest BCUT2D eigenvalue weighted by Gasteiger charge is 2.15. The van der Waals surface area contributed by atoms with Crippen molar-refractivity contribution in [1.29, 1.82) is 0 Å². The van der Waals surface area contributed by atoms with Crippen LogP contribution < -0.4 is 10.6 Å². The number of nitrogens with one attached hydrogen (secondary N) is 2. The Morgan fingerprint density at radius 3 is 2.69 bits per heavy atom. The highest BCUT2D eigenvalue weighted by molar-refractivity contribution is 7.99. The Bertz CT molecular complexity index is 679. The molecule has 0 unspecified atom stereocenters. The first-order valence-corrected chi connectivity index (χ1v) is 10.4. The maximum atomic E-state index is 4.71. The molecule has 0 aliphatic rings. The number of hydrogen-bond acceptors (Lipinski definition) is 3. The van der Waals surface area contributed by atoms with Gasteiger partial charge in [-0.3, -0.25) is 4.99 Å². The third kappa shape index (κ3) is 6.75. The molecule has 0 amide bonds. The maximum absolute atomic E-state index is 4.71. The van der Waals surface area contributed by atoms with Crippen LogP contribution >= 0.6 is 11.8 Å². The number of benzene rings is 1. The summed E-state index contributed by atoms with van der Waals surface area (Å²) in [5.74, 6) is 1.96. The van der Waals surface area contributed by atoms with Gasteiger partial charge < -0.3 is 15.2 Å². The average molecular weight is 374 g/mol. The molecule has 2 rings (SSSR count). The van der Waals surface area contributed by atoms with Gasteiger partial charge in [-0.25, -0.2) is 4.98 Å². The molecule has 5 nitrogen and oxygen atoms in total. The molecule has 0 bridgehead atoms. The van der Waals surface area contributed by atoms with Gasteiger partial charge in [0.1, 0.15) is 5.82 Å². The molecule has 1 heterocycles. The molecule has 2 N–H and O–H groups in total. The summed E-state index contributed by atoms with van der Waals surface area (Å²) in [5.41, 5.74) is 1.29. The maximum Gasteiger partial charge on any atom is 0.191 e. The first-order valence-electron chi connectivity index (χ1n) is 9.15. The predicted molar refractivity (Wildman–Crippen MR) is 113 cm³/mol. The number of rotatable bonds is 9. The zero-order valence-corrected chi connectivity index (χ0v) is 17.1. The van der Waals surface area contributed by atoms with E-state index in [0.717, 1.165) is 44.4 Å². The second-order valence-corrected chi connectivity index (χ2v) is 8.31. The number of thioether (sulfide) groups is 1. The van der Waals surface area contributed by atoms with Crippen LogP contribution in [0.25, 0.3) is 0 Å². The number of hydrogen-bond donors (Lipinski definition) is 2. The van der Waals surface area contributed by atoms with E-state index in [1.54, 1.807) is 0 Å². The van der Waals surface area contributed by atoms with Crippen LogP contribution in [0, 0.1) is 0 Å². The van der Waals surface area contributed by atoms with Gasteiger partial charge in [-0.05, 0) is 32.6 Å². The van der Waals surface area contributed by atoms with Crippen LogP contribution in [0.3, 0.4) is 0 Å². The normalized spacial score (nSPS) is 12.2. The molecule has 0 aliphatic carbocycles. The van der Waals surface area contributed by atoms with Crippen LogP contribution in [0.4, 0.5) is 0 Å². The van der Waals surface area contributed by atoms with Crippen molar-refractivity contribution in [2.75, 3.05) is 25.9 Å². The van der Waals surface area contributed by atoms with E-state index < -0.39 is 0 Å². The minimum Gasteiger partial charge on any atom is -0.357 e. The highest BCUT2D eigenvalue weighted by Crippen LogP contribution is 2.20. The smallest absolute Gasteiger partial charge is 0.191 e. The molecule has 0 fully saturated rings. The Morgan fingerprint density at radius 1 is 1.23 bits per heavy atom. The van der Waals surface area contributed by atoms with Crippen molar-refractivity contribution in [2.45, 2.75) is 38.5 Å². The largest absolute Gasteiger partial charge is 0.357 e. The molecule has 2 aromatic rings. The third-order valence-electron chi connectivity index (χ3n) is 4.15. The second-order valence-electron chi connectivity index (χ2n) is 6.79. The molecule has 0 radical (unpaired) electrons. The molecule has 0 aliphatic heterocycles. The van der Waals surface area contributed by atoms with Crippen molar-refractivity contribution >= 4 is 17.7 Å². The molecule has 1 aromatic heterocycles. The lowest BCUT2D eigenvalue weighted by Crippen LogP contribution is -2.39. The number of nitrogens with zero attached hydrogens (tertiary/aromatic N) is 3. The van der Waals surface area contributed by atoms with Crippen LogP contribution in [-0.2, 0) is 13.0 Å². The van der Waals surface area contributed by atoms with Crippen LogP contribution in [0.5, 0.6) is 0 Å². The average Bonchev–Trinajstić information content (AvgIpc) is 3.07. The standard InChI is InChI=1S/C20H31N5S/c1-5-21-19(24-16-20(2,3)26-4)23-12-11-18-22-13-14-25(18)15-17-9-7-6-8-10-17/h6-10,13-14H,5,11-12,15-16H2,1-4H3,(H2,21,23,24). The Kier molecular flexibility index (Phi) is 8.04. The van der Waals surface area contributed by atoms with Gasteiger partial charge in [0.05, 0.1) is 6.54 Å². The van der Waals surface area contributed by atoms with Gasteiger partial charge >= 0.3 is 0 Å². The van der Waals surface area contributed by atoms with E-state index in [1.165, 1.54) is 5.56 Å². The fourth-order valence-electron chi connectivity index (χ4n) is 2.46. The Labute approximate surface area is 161 Å². The van der Waals surface area contributed by atoms with E-state index in [0.29, 0.717) is 0 Å². The number of aromatic nitrogens is 2. The summed E-state index contributed by atoms with van der Waals surface area (Å²) in [6.45, 7) is 9.81. The van der Waals surface area contributed by atoms with E-state index in [4.69, 9.17) is 4.99 Å². The minimum atomic E-state index is 0.147. The zero-order chi connectivity index (χ0) is 18.8. The van der Waals surface area contributed by atoms with E-state index in [2.05, 4.69) is 71.5 Å². The summed E-state index contributed by atoms with van der Waals surface area (Å²) in [4.78, 5) is 9.22. The first-order chi connectivity index (χ1) is 12.5. The van der Waals surface area contributed by atoms with Crippen molar-refractivity contribution in [3.8, 4) is 0 Å². The second kappa shape index (κ2) is 10.3. The van der Waals surface area contributed by atoms with Crippen molar-refractivity contribution in [3.05, 3.63) is 54.1 Å². The lowest BCUT2D eigenvalue weighted by atomic mass is 10.2. The van der Waals surface area contributed by atoms with Gasteiger partial charge in [0.15, 0.2) is 5.96 Å². The molecule has 0 saturated carbocycles. The van der Waals surface area contributed by atoms with E-state index in [1.807, 2.05) is 30.2 Å². The molecule has 0 saturated heterocycles. The van der Waals surface area contributed by atoms with Crippen molar-refractivity contribution < 1.29 is 0 Å². The van der Waals surface area contributed by atoms with E-state index in [-0.39, 0.29) is 4.75 Å². The van der Waals surface area contributed by atoms with Crippen LogP contribution in [-0.4, -0.2) is 46.1 Å². The summed E-state index contributed by atoms with van der Waals surface area (Å²) in [5, 5.41) is 6.74. The summed E-state index contributed by atoms with van der Waals surface area (Å²) in [6, 6.07) is 10.5. The lowest BCUT2D eigenvalue weighted by Gasteiger charge is -2.20. The molecular formula is C20H31N5S. The summed E-state index contributed by atoms with van der Waals surface area (Å²) in [6.07, 6.45) is 6.90. The Morgan fingerprint density at radius 2 is 2.00 bits per heavy atom. The van der Waals surface area contributed by atoms with Crippen LogP contribution in [0.15, 0.2) is 47.7 Å². The number of aliphatic imine (C=N–C) groups is 1. The van der Waals surface area contributed by atoms with Gasteiger partial charge in [-0.15, -0.1) is 0 Å². The third-order valence-corrected chi connectivity index (χ3v) is 5.39. The number of imidazole rings is 1. The van der Waals surface area contributed by atoms with Gasteiger partial charge in [-0.2, -0.15) is 11.8 Å². The SMILES string of the molecule is CCNC(=NCC(C)(C)SC)NCCc1nccn1Cc1ccccc1. The van der Waals surface area contributed by atoms with Crippen molar-refractivity contribution in [1.82, 2.24) is 20.2 Å². The zero-order valence-electron chi connectivity index (χ0n) is 16.3. The molecule has 26 heavy (non-hydrogen) atoms. The van der Waals surface area contributed by atoms with Gasteiger partial charge in [0, 0.05) is 43.2 Å². The predicted octanol–water partition coefficient (Wildman–Crippen LogP) is 3.17. The molecule has 1 aromatic carbocycles. The Balaban J connectivity index is 1.89. The molecular weight excluding hydrogens is 342 g/mol. The van der Waals surface area contributed by atoms with E-state index in [9.17, 15) is 0 Å². The topological polar surface area (TPSA) is 54.2 Å². The lowest BCUT2D eigenvalue weighted by molar-refractivity contribution is 0.685. The van der Waals surface area contributed by atoms with Gasteiger partial charge in [0.2, 0.25) is 0 Å². The van der Waals surface area contributed by atoms with Crippen molar-refractivity contribution in [3.63, 3.8) is 0 Å². The van der Waals surface area contributed by atoms with E-state index >= 15 is 0 Å². The fourth-order valence-corrected chi connectivity index (χ4v) is 2.65. The summed E-state index contributed by atoms with van der Waals surface area (Å²) < 4.78 is 2.35. The highest BCUT2D eigenvalue weighted by atomic mass is 32.2. The molecule has 0 atom stereocenters. The summed E-state index contributed by atoms with van der Waals surface area (Å²) >= 11 is 1.84. The Hall–Kier alpha value is -1.95. The molecule has 142 valence electrons. The molecule has 6 heteroatoms. The summed E-state index contributed by atoms with van der Waals surface area (Å²) in [7, 11) is 0. The number of guanidine groups is 1. The fraction of sp³-hybridized carbons (Fsp3) is 0.500. The molecule has 0 spiro atoms. The van der Waals surface area contributed by atoms with Crippen LogP contribution in [0.2, 0.25) is 0 Å². The first kappa shape index (κ1) is 20.4. The minimum absolute atomic E-state index is 0.147. The monoisotopic (exact) mass is 373 g/mol.